The molecular formula is C11H18Cl3N5O. The van der Waals surface area contributed by atoms with Gasteiger partial charge in [0.15, 0.2) is 0 Å². The molecule has 20 heavy (non-hydrogen) atoms. The first-order valence-electron chi connectivity index (χ1n) is 5.93. The van der Waals surface area contributed by atoms with Gasteiger partial charge in [0.1, 0.15) is 11.6 Å². The molecule has 1 fully saturated rings. The Bertz CT molecular complexity index is 440. The van der Waals surface area contributed by atoms with Crippen LogP contribution in [0.15, 0.2) is 6.07 Å². The summed E-state index contributed by atoms with van der Waals surface area (Å²) in [6, 6.07) is 2.07. The molecule has 9 heteroatoms. The topological polar surface area (TPSA) is 78.9 Å². The lowest BCUT2D eigenvalue weighted by Crippen LogP contribution is -2.35. The fourth-order valence-electron chi connectivity index (χ4n) is 1.91. The lowest BCUT2D eigenvalue weighted by atomic mass is 10.1. The minimum Gasteiger partial charge on any atom is -0.367 e. The van der Waals surface area contributed by atoms with E-state index < -0.39 is 0 Å². The van der Waals surface area contributed by atoms with Gasteiger partial charge in [-0.3, -0.25) is 4.79 Å². The van der Waals surface area contributed by atoms with Gasteiger partial charge < -0.3 is 16.0 Å². The first-order valence-corrected chi connectivity index (χ1v) is 6.31. The normalized spacial score (nSPS) is 14.7. The highest BCUT2D eigenvalue weighted by Gasteiger charge is 2.14. The van der Waals surface area contributed by atoms with E-state index in [1.165, 1.54) is 6.92 Å². The maximum Gasteiger partial charge on any atom is 0.226 e. The Morgan fingerprint density at radius 3 is 2.50 bits per heavy atom. The van der Waals surface area contributed by atoms with E-state index in [4.69, 9.17) is 11.6 Å². The largest absolute Gasteiger partial charge is 0.367 e. The summed E-state index contributed by atoms with van der Waals surface area (Å²) in [5.74, 6) is 0.877. The van der Waals surface area contributed by atoms with Crippen molar-refractivity contribution in [3.63, 3.8) is 0 Å². The number of nitrogens with zero attached hydrogens (tertiary/aromatic N) is 2. The molecule has 1 aliphatic heterocycles. The summed E-state index contributed by atoms with van der Waals surface area (Å²) in [4.78, 5) is 19.0. The molecule has 6 nitrogen and oxygen atoms in total. The van der Waals surface area contributed by atoms with Crippen molar-refractivity contribution in [2.24, 2.45) is 0 Å². The van der Waals surface area contributed by atoms with Crippen LogP contribution in [0, 0.1) is 0 Å². The molecule has 0 unspecified atom stereocenters. The van der Waals surface area contributed by atoms with Crippen LogP contribution in [0.1, 0.15) is 19.8 Å². The number of amides is 1. The molecule has 0 spiro atoms. The van der Waals surface area contributed by atoms with Crippen molar-refractivity contribution in [3.8, 4) is 0 Å². The Morgan fingerprint density at radius 1 is 1.30 bits per heavy atom. The number of carbonyl (C=O) groups is 1. The van der Waals surface area contributed by atoms with E-state index >= 15 is 0 Å². The summed E-state index contributed by atoms with van der Waals surface area (Å²) in [5, 5.41) is 9.32. The minimum absolute atomic E-state index is 0. The second-order valence-corrected chi connectivity index (χ2v) is 4.60. The highest BCUT2D eigenvalue weighted by atomic mass is 35.5. The van der Waals surface area contributed by atoms with Crippen molar-refractivity contribution in [3.05, 3.63) is 11.3 Å². The molecule has 1 aliphatic rings. The van der Waals surface area contributed by atoms with Crippen molar-refractivity contribution in [1.82, 2.24) is 15.3 Å². The zero-order valence-electron chi connectivity index (χ0n) is 11.0. The first-order chi connectivity index (χ1) is 8.63. The number of nitrogens with one attached hydrogen (secondary N) is 3. The molecule has 0 aromatic carbocycles. The average molecular weight is 343 g/mol. The number of rotatable bonds is 3. The van der Waals surface area contributed by atoms with Crippen LogP contribution in [0.4, 0.5) is 11.6 Å². The molecule has 2 heterocycles. The maximum absolute atomic E-state index is 11.0. The van der Waals surface area contributed by atoms with Gasteiger partial charge in [0.05, 0.1) is 0 Å². The number of hydrogen-bond acceptors (Lipinski definition) is 5. The molecule has 3 N–H and O–H groups in total. The third-order valence-corrected chi connectivity index (χ3v) is 2.86. The lowest BCUT2D eigenvalue weighted by Gasteiger charge is -2.24. The average Bonchev–Trinajstić information content (AvgIpc) is 2.28. The number of anilines is 2. The van der Waals surface area contributed by atoms with Crippen LogP contribution in [0.2, 0.25) is 5.28 Å². The summed E-state index contributed by atoms with van der Waals surface area (Å²) in [7, 11) is 0. The van der Waals surface area contributed by atoms with Gasteiger partial charge in [-0.15, -0.1) is 24.8 Å². The fourth-order valence-corrected chi connectivity index (χ4v) is 2.09. The molecule has 2 rings (SSSR count). The van der Waals surface area contributed by atoms with E-state index in [9.17, 15) is 4.79 Å². The van der Waals surface area contributed by atoms with Crippen LogP contribution in [0.5, 0.6) is 0 Å². The van der Waals surface area contributed by atoms with Gasteiger partial charge in [0.25, 0.3) is 0 Å². The molecule has 1 aromatic rings. The van der Waals surface area contributed by atoms with Gasteiger partial charge in [-0.1, -0.05) is 0 Å². The smallest absolute Gasteiger partial charge is 0.226 e. The van der Waals surface area contributed by atoms with Crippen molar-refractivity contribution in [1.29, 1.82) is 0 Å². The van der Waals surface area contributed by atoms with Gasteiger partial charge in [-0.25, -0.2) is 9.97 Å². The number of carbonyl (C=O) groups excluding carboxylic acids is 1. The Labute approximate surface area is 135 Å². The SMILES string of the molecule is CC(=O)Nc1cc(NC2CCNCC2)nc(Cl)n1.Cl.Cl. The van der Waals surface area contributed by atoms with E-state index in [1.807, 2.05) is 0 Å². The van der Waals surface area contributed by atoms with Crippen LogP contribution in [0.3, 0.4) is 0 Å². The Balaban J connectivity index is 0.00000180. The van der Waals surface area contributed by atoms with Crippen LogP contribution < -0.4 is 16.0 Å². The molecule has 0 bridgehead atoms. The molecule has 1 amide bonds. The van der Waals surface area contributed by atoms with Crippen LogP contribution >= 0.6 is 36.4 Å². The highest BCUT2D eigenvalue weighted by molar-refractivity contribution is 6.28. The van der Waals surface area contributed by atoms with Crippen molar-refractivity contribution >= 4 is 54.0 Å². The number of hydrogen-bond donors (Lipinski definition) is 3. The quantitative estimate of drug-likeness (QED) is 0.733. The second-order valence-electron chi connectivity index (χ2n) is 4.26. The zero-order valence-corrected chi connectivity index (χ0v) is 13.4. The standard InChI is InChI=1S/C11H16ClN5O.2ClH/c1-7(18)14-9-6-10(17-11(12)16-9)15-8-2-4-13-5-3-8;;/h6,8,13H,2-5H2,1H3,(H2,14,15,16,17,18);2*1H. The van der Waals surface area contributed by atoms with E-state index in [0.29, 0.717) is 17.7 Å². The summed E-state index contributed by atoms with van der Waals surface area (Å²) < 4.78 is 0. The molecule has 0 atom stereocenters. The molecule has 1 aromatic heterocycles. The van der Waals surface area contributed by atoms with Crippen molar-refractivity contribution < 1.29 is 4.79 Å². The van der Waals surface area contributed by atoms with E-state index in [-0.39, 0.29) is 36.0 Å². The summed E-state index contributed by atoms with van der Waals surface area (Å²) in [6.07, 6.45) is 2.08. The summed E-state index contributed by atoms with van der Waals surface area (Å²) >= 11 is 5.83. The molecule has 0 aliphatic carbocycles. The monoisotopic (exact) mass is 341 g/mol. The highest BCUT2D eigenvalue weighted by Crippen LogP contribution is 2.17. The van der Waals surface area contributed by atoms with Gasteiger partial charge in [-0.2, -0.15) is 0 Å². The zero-order chi connectivity index (χ0) is 13.0. The van der Waals surface area contributed by atoms with Crippen molar-refractivity contribution in [2.75, 3.05) is 23.7 Å². The van der Waals surface area contributed by atoms with Gasteiger partial charge >= 0.3 is 0 Å². The predicted octanol–water partition coefficient (Wildman–Crippen LogP) is 2.10. The minimum atomic E-state index is -0.183. The van der Waals surface area contributed by atoms with Crippen molar-refractivity contribution in [2.45, 2.75) is 25.8 Å². The lowest BCUT2D eigenvalue weighted by molar-refractivity contribution is -0.114. The Morgan fingerprint density at radius 2 is 1.90 bits per heavy atom. The second kappa shape index (κ2) is 9.18. The Hall–Kier alpha value is -0.820. The molecule has 0 radical (unpaired) electrons. The van der Waals surface area contributed by atoms with Crippen LogP contribution in [-0.2, 0) is 4.79 Å². The maximum atomic E-state index is 11.0. The van der Waals surface area contributed by atoms with Crippen LogP contribution in [-0.4, -0.2) is 35.0 Å². The number of piperidine rings is 1. The molecule has 1 saturated heterocycles. The molecule has 114 valence electrons. The number of aromatic nitrogens is 2. The van der Waals surface area contributed by atoms with Gasteiger partial charge in [-0.05, 0) is 37.5 Å². The summed E-state index contributed by atoms with van der Waals surface area (Å²) in [6.45, 7) is 3.42. The fraction of sp³-hybridized carbons (Fsp3) is 0.545. The first kappa shape index (κ1) is 19.2. The third-order valence-electron chi connectivity index (χ3n) is 2.69. The predicted molar refractivity (Wildman–Crippen MR) is 85.4 cm³/mol. The van der Waals surface area contributed by atoms with E-state index in [1.54, 1.807) is 6.07 Å². The van der Waals surface area contributed by atoms with Crippen LogP contribution in [0.25, 0.3) is 0 Å². The Kier molecular flexibility index (Phi) is 8.80. The van der Waals surface area contributed by atoms with Gasteiger partial charge in [0.2, 0.25) is 11.2 Å². The van der Waals surface area contributed by atoms with E-state index in [0.717, 1.165) is 25.9 Å². The third kappa shape index (κ3) is 6.09. The number of halogens is 3. The van der Waals surface area contributed by atoms with Gasteiger partial charge in [0, 0.05) is 19.0 Å². The molecular weight excluding hydrogens is 325 g/mol. The molecule has 0 saturated carbocycles. The summed E-state index contributed by atoms with van der Waals surface area (Å²) in [5.41, 5.74) is 0. The van der Waals surface area contributed by atoms with E-state index in [2.05, 4.69) is 25.9 Å².